The lowest BCUT2D eigenvalue weighted by molar-refractivity contribution is 0.0976. The van der Waals surface area contributed by atoms with E-state index in [1.807, 2.05) is 19.0 Å². The first-order valence-corrected chi connectivity index (χ1v) is 9.36. The number of methoxy groups -OCH3 is 1. The molecule has 1 aliphatic rings. The molecule has 0 saturated carbocycles. The summed E-state index contributed by atoms with van der Waals surface area (Å²) in [7, 11) is 5.38. The summed E-state index contributed by atoms with van der Waals surface area (Å²) >= 11 is 0.914. The number of benzene rings is 1. The number of allylic oxidation sites excluding steroid dienone is 2. The summed E-state index contributed by atoms with van der Waals surface area (Å²) in [6, 6.07) is 6.81. The highest BCUT2D eigenvalue weighted by Gasteiger charge is 2.31. The van der Waals surface area contributed by atoms with Gasteiger partial charge in [-0.1, -0.05) is 0 Å². The van der Waals surface area contributed by atoms with Crippen LogP contribution in [-0.2, 0) is 0 Å². The van der Waals surface area contributed by atoms with E-state index < -0.39 is 5.91 Å². The molecule has 1 aromatic carbocycles. The predicted octanol–water partition coefficient (Wildman–Crippen LogP) is 1.82. The van der Waals surface area contributed by atoms with Crippen LogP contribution in [0.25, 0.3) is 0 Å². The van der Waals surface area contributed by atoms with Crippen molar-refractivity contribution in [3.63, 3.8) is 0 Å². The Labute approximate surface area is 166 Å². The number of nitrogens with zero attached hydrogens (tertiary/aromatic N) is 2. The van der Waals surface area contributed by atoms with Crippen LogP contribution in [0.2, 0.25) is 0 Å². The quantitative estimate of drug-likeness (QED) is 0.731. The molecule has 0 atom stereocenters. The van der Waals surface area contributed by atoms with E-state index in [0.29, 0.717) is 24.5 Å². The van der Waals surface area contributed by atoms with Gasteiger partial charge in [0.25, 0.3) is 5.91 Å². The van der Waals surface area contributed by atoms with E-state index in [-0.39, 0.29) is 32.8 Å². The molecule has 0 unspecified atom stereocenters. The lowest BCUT2D eigenvalue weighted by Crippen LogP contribution is -2.31. The molecule has 1 amide bonds. The molecule has 3 rings (SSSR count). The van der Waals surface area contributed by atoms with Gasteiger partial charge in [-0.05, 0) is 38.4 Å². The van der Waals surface area contributed by atoms with Crippen LogP contribution < -0.4 is 15.4 Å². The molecule has 1 aromatic heterocycles. The highest BCUT2D eigenvalue weighted by molar-refractivity contribution is 7.16. The second-order valence-electron chi connectivity index (χ2n) is 6.36. The minimum atomic E-state index is -0.479. The van der Waals surface area contributed by atoms with Crippen LogP contribution in [0.1, 0.15) is 30.0 Å². The third-order valence-corrected chi connectivity index (χ3v) is 5.07. The van der Waals surface area contributed by atoms with E-state index >= 15 is 0 Å². The van der Waals surface area contributed by atoms with Crippen molar-refractivity contribution in [3.05, 3.63) is 51.6 Å². The average Bonchev–Trinajstić information content (AvgIpc) is 3.12. The van der Waals surface area contributed by atoms with Crippen molar-refractivity contribution in [2.75, 3.05) is 39.6 Å². The van der Waals surface area contributed by atoms with E-state index in [0.717, 1.165) is 11.3 Å². The van der Waals surface area contributed by atoms with Crippen LogP contribution in [0.4, 0.5) is 5.69 Å². The number of rotatable bonds is 7. The Bertz CT molecular complexity index is 947. The van der Waals surface area contributed by atoms with Gasteiger partial charge in [0.05, 0.1) is 12.8 Å². The van der Waals surface area contributed by atoms with Gasteiger partial charge in [-0.2, -0.15) is 0 Å². The number of ketones is 2. The normalized spacial score (nSPS) is 13.2. The molecule has 146 valence electrons. The number of carbonyl (C=O) groups is 3. The highest BCUT2D eigenvalue weighted by Crippen LogP contribution is 2.26. The average molecular weight is 400 g/mol. The summed E-state index contributed by atoms with van der Waals surface area (Å²) < 4.78 is 5.08. The summed E-state index contributed by atoms with van der Waals surface area (Å²) in [4.78, 5) is 43.7. The van der Waals surface area contributed by atoms with Crippen LogP contribution in [-0.4, -0.2) is 61.7 Å². The fourth-order valence-electron chi connectivity index (χ4n) is 2.53. The first-order chi connectivity index (χ1) is 13.4. The van der Waals surface area contributed by atoms with Crippen molar-refractivity contribution in [2.45, 2.75) is 0 Å². The van der Waals surface area contributed by atoms with Gasteiger partial charge >= 0.3 is 0 Å². The minimum Gasteiger partial charge on any atom is -0.497 e. The Hall–Kier alpha value is -3.04. The molecule has 0 spiro atoms. The lowest BCUT2D eigenvalue weighted by atomic mass is 10.0. The Kier molecular flexibility index (Phi) is 5.86. The number of hydrogen-bond donors (Lipinski definition) is 2. The van der Waals surface area contributed by atoms with Gasteiger partial charge in [0, 0.05) is 24.9 Å². The van der Waals surface area contributed by atoms with Crippen LogP contribution in [0.3, 0.4) is 0 Å². The standard InChI is InChI=1S/C19H20N4O4S/c1-23(2)9-8-20-13-10-14(24)17-15(16(13)25)22-19(28-17)18(26)21-11-4-6-12(27-3)7-5-11/h4-7,10,20H,8-9H2,1-3H3,(H,21,26). The fraction of sp³-hybridized carbons (Fsp3) is 0.263. The van der Waals surface area contributed by atoms with Gasteiger partial charge in [0.2, 0.25) is 5.78 Å². The van der Waals surface area contributed by atoms with Crippen LogP contribution >= 0.6 is 11.3 Å². The maximum absolute atomic E-state index is 12.6. The molecule has 2 N–H and O–H groups in total. The number of carbonyl (C=O) groups excluding carboxylic acids is 3. The summed E-state index contributed by atoms with van der Waals surface area (Å²) in [6.45, 7) is 1.22. The number of ether oxygens (including phenoxy) is 1. The number of Topliss-reactive ketones (excluding diaryl/α,β-unsaturated/α-hetero) is 1. The maximum atomic E-state index is 12.6. The predicted molar refractivity (Wildman–Crippen MR) is 106 cm³/mol. The molecule has 0 bridgehead atoms. The number of aromatic nitrogens is 1. The maximum Gasteiger partial charge on any atom is 0.284 e. The second kappa shape index (κ2) is 8.32. The van der Waals surface area contributed by atoms with E-state index in [2.05, 4.69) is 15.6 Å². The third kappa shape index (κ3) is 4.26. The van der Waals surface area contributed by atoms with Crippen LogP contribution in [0, 0.1) is 0 Å². The Morgan fingerprint density at radius 3 is 2.57 bits per heavy atom. The fourth-order valence-corrected chi connectivity index (χ4v) is 3.40. The SMILES string of the molecule is COc1ccc(NC(=O)c2nc3c(s2)C(=O)C=C(NCCN(C)C)C3=O)cc1. The molecule has 0 radical (unpaired) electrons. The van der Waals surface area contributed by atoms with E-state index in [4.69, 9.17) is 4.74 Å². The summed E-state index contributed by atoms with van der Waals surface area (Å²) in [5.41, 5.74) is 0.775. The second-order valence-corrected chi connectivity index (χ2v) is 7.36. The molecule has 28 heavy (non-hydrogen) atoms. The molecule has 0 fully saturated rings. The van der Waals surface area contributed by atoms with Gasteiger partial charge in [-0.15, -0.1) is 11.3 Å². The zero-order valence-electron chi connectivity index (χ0n) is 15.7. The Morgan fingerprint density at radius 1 is 1.21 bits per heavy atom. The molecule has 0 saturated heterocycles. The lowest BCUT2D eigenvalue weighted by Gasteiger charge is -2.15. The number of hydrogen-bond acceptors (Lipinski definition) is 8. The Morgan fingerprint density at radius 2 is 1.93 bits per heavy atom. The minimum absolute atomic E-state index is 0.0183. The topological polar surface area (TPSA) is 101 Å². The number of thiazole rings is 1. The van der Waals surface area contributed by atoms with Crippen molar-refractivity contribution in [1.82, 2.24) is 15.2 Å². The molecular formula is C19H20N4O4S. The van der Waals surface area contributed by atoms with Gasteiger partial charge in [0.1, 0.15) is 16.3 Å². The molecule has 2 aromatic rings. The third-order valence-electron chi connectivity index (χ3n) is 4.00. The highest BCUT2D eigenvalue weighted by atomic mass is 32.1. The molecule has 1 heterocycles. The molecule has 1 aliphatic carbocycles. The molecule has 8 nitrogen and oxygen atoms in total. The largest absolute Gasteiger partial charge is 0.497 e. The van der Waals surface area contributed by atoms with Gasteiger partial charge in [-0.25, -0.2) is 4.98 Å². The van der Waals surface area contributed by atoms with Gasteiger partial charge < -0.3 is 20.3 Å². The van der Waals surface area contributed by atoms with Gasteiger partial charge in [-0.3, -0.25) is 14.4 Å². The van der Waals surface area contributed by atoms with E-state index in [9.17, 15) is 14.4 Å². The van der Waals surface area contributed by atoms with Crippen molar-refractivity contribution < 1.29 is 19.1 Å². The number of fused-ring (bicyclic) bond motifs is 1. The van der Waals surface area contributed by atoms with Crippen LogP contribution in [0.15, 0.2) is 36.0 Å². The molecular weight excluding hydrogens is 380 g/mol. The number of likely N-dealkylation sites (N-methyl/N-ethyl adjacent to an activating group) is 1. The summed E-state index contributed by atoms with van der Waals surface area (Å²) in [6.07, 6.45) is 1.27. The van der Waals surface area contributed by atoms with E-state index in [1.54, 1.807) is 31.4 Å². The van der Waals surface area contributed by atoms with Crippen molar-refractivity contribution in [2.24, 2.45) is 0 Å². The smallest absolute Gasteiger partial charge is 0.284 e. The summed E-state index contributed by atoms with van der Waals surface area (Å²) in [5.74, 6) is -0.525. The van der Waals surface area contributed by atoms with Gasteiger partial charge in [0.15, 0.2) is 10.8 Å². The van der Waals surface area contributed by atoms with E-state index in [1.165, 1.54) is 6.08 Å². The molecule has 9 heteroatoms. The van der Waals surface area contributed by atoms with Crippen molar-refractivity contribution in [1.29, 1.82) is 0 Å². The summed E-state index contributed by atoms with van der Waals surface area (Å²) in [5, 5.41) is 5.72. The number of nitrogens with one attached hydrogen (secondary N) is 2. The zero-order valence-corrected chi connectivity index (χ0v) is 16.6. The first-order valence-electron chi connectivity index (χ1n) is 8.54. The monoisotopic (exact) mass is 400 g/mol. The number of anilines is 1. The zero-order chi connectivity index (χ0) is 20.3. The molecule has 0 aliphatic heterocycles. The Balaban J connectivity index is 1.73. The van der Waals surface area contributed by atoms with Crippen molar-refractivity contribution in [3.8, 4) is 5.75 Å². The first kappa shape index (κ1) is 19.7. The van der Waals surface area contributed by atoms with Crippen molar-refractivity contribution >= 4 is 34.5 Å². The van der Waals surface area contributed by atoms with Crippen LogP contribution in [0.5, 0.6) is 5.75 Å². The number of amides is 1.